The fourth-order valence-electron chi connectivity index (χ4n) is 4.74. The Hall–Kier alpha value is -4.12. The van der Waals surface area contributed by atoms with Crippen LogP contribution in [0.15, 0.2) is 41.3 Å². The van der Waals surface area contributed by atoms with Gasteiger partial charge in [-0.15, -0.1) is 0 Å². The van der Waals surface area contributed by atoms with Gasteiger partial charge in [0.1, 0.15) is 17.9 Å². The van der Waals surface area contributed by atoms with E-state index < -0.39 is 17.2 Å². The van der Waals surface area contributed by atoms with Crippen LogP contribution in [0.5, 0.6) is 5.75 Å². The van der Waals surface area contributed by atoms with Crippen LogP contribution in [0.3, 0.4) is 0 Å². The van der Waals surface area contributed by atoms with Crippen LogP contribution in [0.25, 0.3) is 10.9 Å². The third kappa shape index (κ3) is 4.46. The Labute approximate surface area is 213 Å². The number of ether oxygens (including phenoxy) is 1. The molecule has 1 aromatic heterocycles. The van der Waals surface area contributed by atoms with E-state index in [1.165, 1.54) is 12.3 Å². The monoisotopic (exact) mass is 508 g/mol. The number of piperazine rings is 1. The van der Waals surface area contributed by atoms with E-state index in [1.807, 2.05) is 23.4 Å². The van der Waals surface area contributed by atoms with Crippen molar-refractivity contribution in [1.82, 2.24) is 20.2 Å². The van der Waals surface area contributed by atoms with Crippen LogP contribution >= 0.6 is 0 Å². The number of halogens is 1. The molecule has 10 nitrogen and oxygen atoms in total. The molecule has 3 aromatic rings. The lowest BCUT2D eigenvalue weighted by Crippen LogP contribution is -2.45. The normalized spacial score (nSPS) is 17.3. The van der Waals surface area contributed by atoms with Crippen LogP contribution in [0.4, 0.5) is 15.8 Å². The zero-order valence-corrected chi connectivity index (χ0v) is 20.9. The summed E-state index contributed by atoms with van der Waals surface area (Å²) in [5.74, 6) is -1.09. The Morgan fingerprint density at radius 3 is 2.46 bits per heavy atom. The molecule has 1 saturated heterocycles. The first-order valence-electron chi connectivity index (χ1n) is 12.1. The van der Waals surface area contributed by atoms with Gasteiger partial charge in [0.2, 0.25) is 5.43 Å². The van der Waals surface area contributed by atoms with E-state index in [2.05, 4.69) is 21.1 Å². The predicted octanol–water partition coefficient (Wildman–Crippen LogP) is 1.96. The Morgan fingerprint density at radius 1 is 1.08 bits per heavy atom. The summed E-state index contributed by atoms with van der Waals surface area (Å²) >= 11 is 0. The molecule has 37 heavy (non-hydrogen) atoms. The molecule has 1 atom stereocenters. The summed E-state index contributed by atoms with van der Waals surface area (Å²) in [5.41, 5.74) is 6.43. The van der Waals surface area contributed by atoms with Crippen LogP contribution in [0, 0.1) is 5.82 Å². The largest absolute Gasteiger partial charge is 0.487 e. The third-order valence-electron chi connectivity index (χ3n) is 6.90. The molecule has 3 heterocycles. The SMILES string of the molecule is CNC(=O)c1ccc(NNC(=O)c2cn3c4c(c(N5CCN(C)CC5)c(F)cc4c2=O)OC[C@@H]3C)cc1. The number of hydrogen-bond acceptors (Lipinski definition) is 7. The molecule has 1 fully saturated rings. The van der Waals surface area contributed by atoms with Gasteiger partial charge in [-0.05, 0) is 44.3 Å². The maximum absolute atomic E-state index is 15.5. The minimum Gasteiger partial charge on any atom is -0.487 e. The van der Waals surface area contributed by atoms with Crippen molar-refractivity contribution in [3.05, 3.63) is 63.7 Å². The molecule has 0 unspecified atom stereocenters. The third-order valence-corrected chi connectivity index (χ3v) is 6.90. The van der Waals surface area contributed by atoms with Crippen molar-refractivity contribution in [1.29, 1.82) is 0 Å². The van der Waals surface area contributed by atoms with Gasteiger partial charge >= 0.3 is 0 Å². The predicted molar refractivity (Wildman–Crippen MR) is 139 cm³/mol. The first-order chi connectivity index (χ1) is 17.8. The number of nitrogens with one attached hydrogen (secondary N) is 3. The van der Waals surface area contributed by atoms with Crippen molar-refractivity contribution in [3.8, 4) is 5.75 Å². The first kappa shape index (κ1) is 24.6. The summed E-state index contributed by atoms with van der Waals surface area (Å²) in [4.78, 5) is 42.2. The maximum atomic E-state index is 15.5. The lowest BCUT2D eigenvalue weighted by atomic mass is 10.0. The molecule has 194 valence electrons. The second-order valence-electron chi connectivity index (χ2n) is 9.40. The topological polar surface area (TPSA) is 108 Å². The molecule has 2 aromatic carbocycles. The summed E-state index contributed by atoms with van der Waals surface area (Å²) in [7, 11) is 3.56. The second kappa shape index (κ2) is 9.74. The smallest absolute Gasteiger partial charge is 0.275 e. The Morgan fingerprint density at radius 2 is 1.78 bits per heavy atom. The van der Waals surface area contributed by atoms with Gasteiger partial charge in [0.05, 0.1) is 22.6 Å². The zero-order valence-electron chi connectivity index (χ0n) is 20.9. The molecule has 0 bridgehead atoms. The van der Waals surface area contributed by atoms with Crippen LogP contribution in [-0.4, -0.2) is 68.2 Å². The lowest BCUT2D eigenvalue weighted by molar-refractivity contribution is 0.0953. The molecule has 3 N–H and O–H groups in total. The average molecular weight is 509 g/mol. The van der Waals surface area contributed by atoms with E-state index in [0.29, 0.717) is 41.3 Å². The van der Waals surface area contributed by atoms with E-state index in [-0.39, 0.29) is 29.5 Å². The van der Waals surface area contributed by atoms with Crippen molar-refractivity contribution in [3.63, 3.8) is 0 Å². The van der Waals surface area contributed by atoms with Crippen molar-refractivity contribution in [2.45, 2.75) is 13.0 Å². The maximum Gasteiger partial charge on any atom is 0.275 e. The van der Waals surface area contributed by atoms with Gasteiger partial charge in [-0.25, -0.2) is 4.39 Å². The summed E-state index contributed by atoms with van der Waals surface area (Å²) in [6.07, 6.45) is 1.51. The van der Waals surface area contributed by atoms with Crippen LogP contribution in [0.2, 0.25) is 0 Å². The second-order valence-corrected chi connectivity index (χ2v) is 9.40. The summed E-state index contributed by atoms with van der Waals surface area (Å²) in [6, 6.07) is 7.51. The Bertz CT molecular complexity index is 1430. The fraction of sp³-hybridized carbons (Fsp3) is 0.346. The molecule has 0 radical (unpaired) electrons. The molecular weight excluding hydrogens is 479 g/mol. The standard InChI is InChI=1S/C26H29FN6O4/c1-15-14-37-24-21-18(12-20(27)22(24)32-10-8-31(3)9-11-32)23(34)19(13-33(15)21)26(36)30-29-17-6-4-16(5-7-17)25(35)28-2/h4-7,12-13,15,29H,8-11,14H2,1-3H3,(H,28,35)(H,30,36)/t15-/m0/s1. The molecular formula is C26H29FN6O4. The number of aromatic nitrogens is 1. The molecule has 2 aliphatic heterocycles. The van der Waals surface area contributed by atoms with Gasteiger partial charge in [-0.1, -0.05) is 0 Å². The summed E-state index contributed by atoms with van der Waals surface area (Å²) < 4.78 is 23.3. The number of amides is 2. The van der Waals surface area contributed by atoms with Crippen LogP contribution in [-0.2, 0) is 0 Å². The number of hydrazine groups is 1. The molecule has 2 amide bonds. The lowest BCUT2D eigenvalue weighted by Gasteiger charge is -2.37. The molecule has 0 saturated carbocycles. The minimum absolute atomic E-state index is 0.0968. The summed E-state index contributed by atoms with van der Waals surface area (Å²) in [6.45, 7) is 5.07. The highest BCUT2D eigenvalue weighted by Crippen LogP contribution is 2.42. The fourth-order valence-corrected chi connectivity index (χ4v) is 4.74. The van der Waals surface area contributed by atoms with Gasteiger partial charge in [0, 0.05) is 45.0 Å². The molecule has 11 heteroatoms. The van der Waals surface area contributed by atoms with E-state index in [1.54, 1.807) is 31.3 Å². The quantitative estimate of drug-likeness (QED) is 0.452. The van der Waals surface area contributed by atoms with Gasteiger partial charge < -0.3 is 24.4 Å². The van der Waals surface area contributed by atoms with Crippen molar-refractivity contribution in [2.75, 3.05) is 57.2 Å². The van der Waals surface area contributed by atoms with Gasteiger partial charge in [-0.3, -0.25) is 25.2 Å². The van der Waals surface area contributed by atoms with Crippen LogP contribution in [0.1, 0.15) is 33.7 Å². The number of hydrogen-bond donors (Lipinski definition) is 3. The van der Waals surface area contributed by atoms with Crippen molar-refractivity contribution in [2.24, 2.45) is 0 Å². The number of carbonyl (C=O) groups excluding carboxylic acids is 2. The average Bonchev–Trinajstić information content (AvgIpc) is 2.91. The van der Waals surface area contributed by atoms with Gasteiger partial charge in [0.15, 0.2) is 11.6 Å². The van der Waals surface area contributed by atoms with Gasteiger partial charge in [0.25, 0.3) is 11.8 Å². The van der Waals surface area contributed by atoms with Gasteiger partial charge in [-0.2, -0.15) is 0 Å². The van der Waals surface area contributed by atoms with E-state index >= 15 is 4.39 Å². The van der Waals surface area contributed by atoms with Crippen LogP contribution < -0.4 is 31.2 Å². The zero-order chi connectivity index (χ0) is 26.3. The number of nitrogens with zero attached hydrogens (tertiary/aromatic N) is 3. The van der Waals surface area contributed by atoms with E-state index in [0.717, 1.165) is 13.1 Å². The minimum atomic E-state index is -0.658. The number of pyridine rings is 1. The Balaban J connectivity index is 1.48. The molecule has 2 aliphatic rings. The number of anilines is 2. The Kier molecular flexibility index (Phi) is 6.46. The highest BCUT2D eigenvalue weighted by atomic mass is 19.1. The number of benzene rings is 2. The van der Waals surface area contributed by atoms with E-state index in [4.69, 9.17) is 4.74 Å². The number of carbonyl (C=O) groups is 2. The summed E-state index contributed by atoms with van der Waals surface area (Å²) in [5, 5.41) is 2.63. The first-order valence-corrected chi connectivity index (χ1v) is 12.1. The number of rotatable bonds is 5. The molecule has 0 spiro atoms. The molecule has 0 aliphatic carbocycles. The van der Waals surface area contributed by atoms with Crippen molar-refractivity contribution >= 4 is 34.1 Å². The highest BCUT2D eigenvalue weighted by Gasteiger charge is 2.31. The number of likely N-dealkylation sites (N-methyl/N-ethyl adjacent to an activating group) is 1. The highest BCUT2D eigenvalue weighted by molar-refractivity contribution is 6.00. The molecule has 5 rings (SSSR count). The van der Waals surface area contributed by atoms with Crippen molar-refractivity contribution < 1.29 is 18.7 Å². The van der Waals surface area contributed by atoms with E-state index in [9.17, 15) is 14.4 Å².